The van der Waals surface area contributed by atoms with Gasteiger partial charge in [-0.2, -0.15) is 0 Å². The number of hydrogen-bond donors (Lipinski definition) is 2. The zero-order valence-electron chi connectivity index (χ0n) is 20.0. The van der Waals surface area contributed by atoms with Crippen molar-refractivity contribution in [2.75, 3.05) is 38.6 Å². The maximum atomic E-state index is 12.5. The average Bonchev–Trinajstić information content (AvgIpc) is 2.93. The van der Waals surface area contributed by atoms with E-state index in [2.05, 4.69) is 10.6 Å². The number of Topliss-reactive ketones (excluding diaryl/α,β-unsaturated/α-hetero) is 1. The van der Waals surface area contributed by atoms with Gasteiger partial charge in [0.05, 0.1) is 18.5 Å². The van der Waals surface area contributed by atoms with Crippen LogP contribution in [0.1, 0.15) is 54.4 Å². The molecule has 1 fully saturated rings. The van der Waals surface area contributed by atoms with Crippen LogP contribution in [0.15, 0.2) is 0 Å². The normalized spacial score (nSPS) is 16.9. The second kappa shape index (κ2) is 12.3. The highest BCUT2D eigenvalue weighted by molar-refractivity contribution is 8.00. The van der Waals surface area contributed by atoms with Crippen molar-refractivity contribution < 1.29 is 28.7 Å². The molecular formula is C22H37N3O6S. The molecule has 1 heterocycles. The number of nitrogens with one attached hydrogen (secondary N) is 2. The fraction of sp³-hybridized carbons (Fsp3) is 0.773. The number of carbonyl (C=O) groups excluding carboxylic acids is 5. The summed E-state index contributed by atoms with van der Waals surface area (Å²) in [6.45, 7) is 11.8. The van der Waals surface area contributed by atoms with Crippen LogP contribution in [-0.2, 0) is 28.7 Å². The maximum absolute atomic E-state index is 12.5. The van der Waals surface area contributed by atoms with Crippen LogP contribution < -0.4 is 10.6 Å². The number of imide groups is 1. The topological polar surface area (TPSA) is 122 Å². The van der Waals surface area contributed by atoms with Gasteiger partial charge in [0.15, 0.2) is 0 Å². The van der Waals surface area contributed by atoms with Gasteiger partial charge in [0.2, 0.25) is 23.6 Å². The van der Waals surface area contributed by atoms with E-state index in [1.165, 1.54) is 11.8 Å². The van der Waals surface area contributed by atoms with E-state index in [1.54, 1.807) is 20.8 Å². The monoisotopic (exact) mass is 471 g/mol. The Hall–Kier alpha value is -1.94. The van der Waals surface area contributed by atoms with E-state index >= 15 is 0 Å². The predicted octanol–water partition coefficient (Wildman–Crippen LogP) is 1.15. The van der Waals surface area contributed by atoms with E-state index in [0.717, 1.165) is 4.90 Å². The molecule has 1 aliphatic rings. The quantitative estimate of drug-likeness (QED) is 0.323. The molecule has 0 aliphatic carbocycles. The second-order valence-electron chi connectivity index (χ2n) is 9.77. The highest BCUT2D eigenvalue weighted by Crippen LogP contribution is 2.25. The Bertz CT molecular complexity index is 711. The van der Waals surface area contributed by atoms with Crippen molar-refractivity contribution in [1.29, 1.82) is 0 Å². The first-order valence-corrected chi connectivity index (χ1v) is 11.9. The highest BCUT2D eigenvalue weighted by atomic mass is 32.2. The summed E-state index contributed by atoms with van der Waals surface area (Å²) in [7, 11) is 0. The van der Waals surface area contributed by atoms with Gasteiger partial charge < -0.3 is 15.4 Å². The average molecular weight is 472 g/mol. The van der Waals surface area contributed by atoms with E-state index in [4.69, 9.17) is 4.74 Å². The van der Waals surface area contributed by atoms with Gasteiger partial charge in [-0.05, 0) is 0 Å². The van der Waals surface area contributed by atoms with Crippen molar-refractivity contribution in [3.05, 3.63) is 0 Å². The molecule has 1 rings (SSSR count). The van der Waals surface area contributed by atoms with Gasteiger partial charge in [-0.15, -0.1) is 11.8 Å². The first kappa shape index (κ1) is 28.1. The van der Waals surface area contributed by atoms with Crippen molar-refractivity contribution in [3.63, 3.8) is 0 Å². The molecule has 0 aromatic heterocycles. The predicted molar refractivity (Wildman–Crippen MR) is 123 cm³/mol. The van der Waals surface area contributed by atoms with Gasteiger partial charge in [0, 0.05) is 42.5 Å². The molecule has 1 unspecified atom stereocenters. The summed E-state index contributed by atoms with van der Waals surface area (Å²) < 4.78 is 5.46. The summed E-state index contributed by atoms with van der Waals surface area (Å²) in [4.78, 5) is 61.3. The molecular weight excluding hydrogens is 434 g/mol. The van der Waals surface area contributed by atoms with E-state index in [0.29, 0.717) is 25.4 Å². The molecule has 4 amide bonds. The third kappa shape index (κ3) is 9.68. The summed E-state index contributed by atoms with van der Waals surface area (Å²) in [5.41, 5.74) is -0.898. The summed E-state index contributed by atoms with van der Waals surface area (Å²) in [5, 5.41) is 4.79. The number of nitrogens with zero attached hydrogens (tertiary/aromatic N) is 1. The molecule has 182 valence electrons. The number of carbonyl (C=O) groups is 5. The number of ether oxygens (including phenoxy) is 1. The lowest BCUT2D eigenvalue weighted by Gasteiger charge is -2.18. The highest BCUT2D eigenvalue weighted by Gasteiger charge is 2.39. The molecule has 1 atom stereocenters. The van der Waals surface area contributed by atoms with Gasteiger partial charge in [-0.25, -0.2) is 0 Å². The Morgan fingerprint density at radius 3 is 2.22 bits per heavy atom. The Morgan fingerprint density at radius 1 is 1.00 bits per heavy atom. The summed E-state index contributed by atoms with van der Waals surface area (Å²) in [5.74, 6) is -0.678. The molecule has 0 spiro atoms. The minimum Gasteiger partial charge on any atom is -0.380 e. The molecule has 32 heavy (non-hydrogen) atoms. The first-order valence-electron chi connectivity index (χ1n) is 10.9. The number of thioether (sulfide) groups is 1. The third-order valence-electron chi connectivity index (χ3n) is 4.77. The molecule has 0 saturated carbocycles. The van der Waals surface area contributed by atoms with Crippen LogP contribution >= 0.6 is 11.8 Å². The molecule has 0 aromatic rings. The lowest BCUT2D eigenvalue weighted by Crippen LogP contribution is -2.44. The first-order chi connectivity index (χ1) is 14.7. The number of amides is 4. The lowest BCUT2D eigenvalue weighted by molar-refractivity contribution is -0.142. The van der Waals surface area contributed by atoms with Gasteiger partial charge in [-0.1, -0.05) is 41.5 Å². The smallest absolute Gasteiger partial charge is 0.243 e. The van der Waals surface area contributed by atoms with Gasteiger partial charge in [0.1, 0.15) is 12.3 Å². The zero-order valence-corrected chi connectivity index (χ0v) is 20.9. The molecule has 10 heteroatoms. The van der Waals surface area contributed by atoms with Crippen molar-refractivity contribution >= 4 is 41.2 Å². The van der Waals surface area contributed by atoms with Crippen molar-refractivity contribution in [3.8, 4) is 0 Å². The number of ketones is 1. The van der Waals surface area contributed by atoms with Gasteiger partial charge >= 0.3 is 0 Å². The van der Waals surface area contributed by atoms with Crippen molar-refractivity contribution in [2.24, 2.45) is 10.8 Å². The maximum Gasteiger partial charge on any atom is 0.243 e. The van der Waals surface area contributed by atoms with Crippen LogP contribution in [0.3, 0.4) is 0 Å². The third-order valence-corrected chi connectivity index (χ3v) is 5.95. The molecule has 0 bridgehead atoms. The lowest BCUT2D eigenvalue weighted by atomic mass is 9.89. The van der Waals surface area contributed by atoms with Crippen molar-refractivity contribution in [1.82, 2.24) is 15.5 Å². The molecule has 1 aliphatic heterocycles. The molecule has 1 saturated heterocycles. The number of hydrogen-bond acceptors (Lipinski definition) is 7. The standard InChI is InChI=1S/C22H37N3O6S/c1-21(2,3)16(26)7-10-31-11-12-32-15-13-18(28)25(19(15)29)14-17(27)23-8-9-24-20(30)22(4,5)6/h15H,7-14H2,1-6H3,(H,23,27)(H,24,30). The summed E-state index contributed by atoms with van der Waals surface area (Å²) >= 11 is 1.32. The molecule has 0 aromatic carbocycles. The summed E-state index contributed by atoms with van der Waals surface area (Å²) in [6, 6.07) is 0. The van der Waals surface area contributed by atoms with Crippen LogP contribution in [0.25, 0.3) is 0 Å². The van der Waals surface area contributed by atoms with Crippen LogP contribution in [-0.4, -0.2) is 78.2 Å². The van der Waals surface area contributed by atoms with E-state index in [1.807, 2.05) is 20.8 Å². The van der Waals surface area contributed by atoms with Gasteiger partial charge in [-0.3, -0.25) is 28.9 Å². The molecule has 9 nitrogen and oxygen atoms in total. The Balaban J connectivity index is 2.27. The fourth-order valence-electron chi connectivity index (χ4n) is 2.68. The van der Waals surface area contributed by atoms with Crippen LogP contribution in [0.5, 0.6) is 0 Å². The molecule has 0 radical (unpaired) electrons. The zero-order chi connectivity index (χ0) is 24.5. The number of likely N-dealkylation sites (tertiary alicyclic amines) is 1. The van der Waals surface area contributed by atoms with Crippen LogP contribution in [0, 0.1) is 10.8 Å². The second-order valence-corrected chi connectivity index (χ2v) is 11.1. The largest absolute Gasteiger partial charge is 0.380 e. The Labute approximate surface area is 194 Å². The Morgan fingerprint density at radius 2 is 1.62 bits per heavy atom. The Kier molecular flexibility index (Phi) is 10.8. The van der Waals surface area contributed by atoms with E-state index in [9.17, 15) is 24.0 Å². The van der Waals surface area contributed by atoms with Gasteiger partial charge in [0.25, 0.3) is 0 Å². The fourth-order valence-corrected chi connectivity index (χ4v) is 3.71. The van der Waals surface area contributed by atoms with E-state index in [-0.39, 0.29) is 55.0 Å². The van der Waals surface area contributed by atoms with Crippen molar-refractivity contribution in [2.45, 2.75) is 59.6 Å². The van der Waals surface area contributed by atoms with Crippen LogP contribution in [0.4, 0.5) is 0 Å². The number of rotatable bonds is 12. The summed E-state index contributed by atoms with van der Waals surface area (Å²) in [6.07, 6.45) is 0.402. The van der Waals surface area contributed by atoms with E-state index < -0.39 is 16.6 Å². The van der Waals surface area contributed by atoms with Crippen LogP contribution in [0.2, 0.25) is 0 Å². The minimum absolute atomic E-state index is 0.0565. The SMILES string of the molecule is CC(C)(C)C(=O)CCOCCSC1CC(=O)N(CC(=O)NCCNC(=O)C(C)(C)C)C1=O. The molecule has 2 N–H and O–H groups in total. The minimum atomic E-state index is -0.527.